The van der Waals surface area contributed by atoms with Crippen molar-refractivity contribution in [1.29, 1.82) is 0 Å². The van der Waals surface area contributed by atoms with Crippen molar-refractivity contribution in [2.75, 3.05) is 13.2 Å². The van der Waals surface area contributed by atoms with Crippen LogP contribution in [-0.2, 0) is 9.53 Å². The maximum Gasteiger partial charge on any atom is 0.408 e. The Kier molecular flexibility index (Phi) is 4.30. The van der Waals surface area contributed by atoms with Crippen molar-refractivity contribution < 1.29 is 24.5 Å². The van der Waals surface area contributed by atoms with Gasteiger partial charge in [-0.25, -0.2) is 9.59 Å². The normalized spacial score (nSPS) is 24.9. The highest BCUT2D eigenvalue weighted by Crippen LogP contribution is 2.18. The molecule has 6 nitrogen and oxygen atoms in total. The van der Waals surface area contributed by atoms with Crippen molar-refractivity contribution >= 4 is 12.1 Å². The fraction of sp³-hybridized carbons (Fsp3) is 0.600. The van der Waals surface area contributed by atoms with Crippen molar-refractivity contribution in [3.8, 4) is 0 Å². The van der Waals surface area contributed by atoms with Crippen molar-refractivity contribution in [1.82, 2.24) is 4.90 Å². The molecule has 0 bridgehead atoms. The Labute approximate surface area is 93.1 Å². The number of β-amino-alcohol motifs (C(OH)–C–C–N with tert-alkyl or cyclic N) is 1. The smallest absolute Gasteiger partial charge is 0.408 e. The summed E-state index contributed by atoms with van der Waals surface area (Å²) in [4.78, 5) is 23.3. The van der Waals surface area contributed by atoms with Gasteiger partial charge in [-0.3, -0.25) is 4.90 Å². The predicted octanol–water partition coefficient (Wildman–Crippen LogP) is 0.219. The van der Waals surface area contributed by atoms with Gasteiger partial charge in [0.2, 0.25) is 0 Å². The highest BCUT2D eigenvalue weighted by Gasteiger charge is 2.36. The van der Waals surface area contributed by atoms with Gasteiger partial charge in [0.15, 0.2) is 0 Å². The lowest BCUT2D eigenvalue weighted by Crippen LogP contribution is -2.52. The molecule has 90 valence electrons. The van der Waals surface area contributed by atoms with E-state index in [9.17, 15) is 14.7 Å². The largest absolute Gasteiger partial charge is 0.465 e. The predicted molar refractivity (Wildman–Crippen MR) is 54.9 cm³/mol. The summed E-state index contributed by atoms with van der Waals surface area (Å²) in [6.45, 7) is 3.41. The quantitative estimate of drug-likeness (QED) is 0.534. The minimum absolute atomic E-state index is 0.0524. The third kappa shape index (κ3) is 2.96. The van der Waals surface area contributed by atoms with Crippen LogP contribution in [0.3, 0.4) is 0 Å². The van der Waals surface area contributed by atoms with E-state index in [4.69, 9.17) is 9.84 Å². The van der Waals surface area contributed by atoms with Crippen LogP contribution in [0.2, 0.25) is 0 Å². The molecular formula is C10H15NO5. The standard InChI is InChI=1S/C10H15NO5/c1-2-5-16-9(13)8-4-3-7(12)6-11(8)10(14)15/h2,7-8,12H,1,3-6H2,(H,14,15)/t7-,8-/m0/s1. The molecule has 1 rings (SSSR count). The number of hydrogen-bond acceptors (Lipinski definition) is 4. The lowest BCUT2D eigenvalue weighted by molar-refractivity contribution is -0.150. The number of rotatable bonds is 3. The zero-order chi connectivity index (χ0) is 12.1. The number of nitrogens with zero attached hydrogens (tertiary/aromatic N) is 1. The topological polar surface area (TPSA) is 87.1 Å². The number of aliphatic hydroxyl groups is 1. The van der Waals surface area contributed by atoms with Gasteiger partial charge in [0.05, 0.1) is 12.6 Å². The molecule has 2 atom stereocenters. The van der Waals surface area contributed by atoms with E-state index >= 15 is 0 Å². The number of likely N-dealkylation sites (tertiary alicyclic amines) is 1. The first-order chi connectivity index (χ1) is 7.56. The van der Waals surface area contributed by atoms with Gasteiger partial charge >= 0.3 is 12.1 Å². The zero-order valence-electron chi connectivity index (χ0n) is 8.83. The third-order valence-electron chi connectivity index (χ3n) is 2.42. The van der Waals surface area contributed by atoms with Gasteiger partial charge in [0.25, 0.3) is 0 Å². The van der Waals surface area contributed by atoms with E-state index in [0.29, 0.717) is 6.42 Å². The van der Waals surface area contributed by atoms with Gasteiger partial charge in [0, 0.05) is 0 Å². The SMILES string of the molecule is C=CCOC(=O)[C@@H]1CC[C@H](O)CN1C(=O)O. The molecule has 1 heterocycles. The van der Waals surface area contributed by atoms with Gasteiger partial charge in [-0.2, -0.15) is 0 Å². The molecule has 1 aliphatic rings. The first-order valence-electron chi connectivity index (χ1n) is 5.01. The number of carbonyl (C=O) groups is 2. The van der Waals surface area contributed by atoms with Crippen LogP contribution in [-0.4, -0.2) is 52.5 Å². The molecule has 6 heteroatoms. The Morgan fingerprint density at radius 2 is 2.19 bits per heavy atom. The third-order valence-corrected chi connectivity index (χ3v) is 2.42. The highest BCUT2D eigenvalue weighted by molar-refractivity contribution is 5.81. The summed E-state index contributed by atoms with van der Waals surface area (Å²) in [6.07, 6.45) is 0.167. The number of carboxylic acid groups (broad SMARTS) is 1. The van der Waals surface area contributed by atoms with Crippen molar-refractivity contribution in [2.45, 2.75) is 25.0 Å². The van der Waals surface area contributed by atoms with Gasteiger partial charge < -0.3 is 14.9 Å². The van der Waals surface area contributed by atoms with Gasteiger partial charge in [-0.05, 0) is 12.8 Å². The van der Waals surface area contributed by atoms with Crippen LogP contribution in [0.5, 0.6) is 0 Å². The molecule has 2 N–H and O–H groups in total. The fourth-order valence-corrected chi connectivity index (χ4v) is 1.65. The average Bonchev–Trinajstić information content (AvgIpc) is 2.25. The van der Waals surface area contributed by atoms with E-state index in [-0.39, 0.29) is 19.6 Å². The van der Waals surface area contributed by atoms with Gasteiger partial charge in [0.1, 0.15) is 12.6 Å². The van der Waals surface area contributed by atoms with Gasteiger partial charge in [-0.15, -0.1) is 0 Å². The fourth-order valence-electron chi connectivity index (χ4n) is 1.65. The van der Waals surface area contributed by atoms with E-state index in [1.54, 1.807) is 0 Å². The Bertz CT molecular complexity index is 291. The average molecular weight is 229 g/mol. The minimum Gasteiger partial charge on any atom is -0.465 e. The Morgan fingerprint density at radius 1 is 1.50 bits per heavy atom. The van der Waals surface area contributed by atoms with Crippen LogP contribution < -0.4 is 0 Å². The van der Waals surface area contributed by atoms with Crippen LogP contribution in [0.25, 0.3) is 0 Å². The van der Waals surface area contributed by atoms with Crippen LogP contribution in [0, 0.1) is 0 Å². The second-order valence-electron chi connectivity index (χ2n) is 3.60. The molecule has 1 fully saturated rings. The van der Waals surface area contributed by atoms with E-state index < -0.39 is 24.2 Å². The van der Waals surface area contributed by atoms with E-state index in [1.165, 1.54) is 6.08 Å². The Morgan fingerprint density at radius 3 is 2.75 bits per heavy atom. The van der Waals surface area contributed by atoms with E-state index in [0.717, 1.165) is 4.90 Å². The van der Waals surface area contributed by atoms with Crippen molar-refractivity contribution in [3.63, 3.8) is 0 Å². The molecular weight excluding hydrogens is 214 g/mol. The molecule has 0 saturated carbocycles. The molecule has 0 unspecified atom stereocenters. The first kappa shape index (κ1) is 12.5. The molecule has 1 saturated heterocycles. The number of aliphatic hydroxyl groups excluding tert-OH is 1. The lowest BCUT2D eigenvalue weighted by Gasteiger charge is -2.34. The number of piperidine rings is 1. The minimum atomic E-state index is -1.22. The number of esters is 1. The number of carbonyl (C=O) groups excluding carboxylic acids is 1. The summed E-state index contributed by atoms with van der Waals surface area (Å²) in [6, 6.07) is -0.819. The second-order valence-corrected chi connectivity index (χ2v) is 3.60. The van der Waals surface area contributed by atoms with Crippen LogP contribution in [0.15, 0.2) is 12.7 Å². The molecule has 0 aromatic rings. The monoisotopic (exact) mass is 229 g/mol. The Hall–Kier alpha value is -1.56. The molecule has 16 heavy (non-hydrogen) atoms. The molecule has 1 aliphatic heterocycles. The summed E-state index contributed by atoms with van der Waals surface area (Å²) < 4.78 is 4.80. The summed E-state index contributed by atoms with van der Waals surface area (Å²) >= 11 is 0. The molecule has 0 aromatic carbocycles. The summed E-state index contributed by atoms with van der Waals surface area (Å²) in [5.41, 5.74) is 0. The number of ether oxygens (including phenoxy) is 1. The maximum atomic E-state index is 11.5. The van der Waals surface area contributed by atoms with E-state index in [1.807, 2.05) is 0 Å². The van der Waals surface area contributed by atoms with Crippen molar-refractivity contribution in [3.05, 3.63) is 12.7 Å². The summed E-state index contributed by atoms with van der Waals surface area (Å²) in [7, 11) is 0. The molecule has 0 aliphatic carbocycles. The number of amides is 1. The first-order valence-corrected chi connectivity index (χ1v) is 5.01. The van der Waals surface area contributed by atoms with Crippen molar-refractivity contribution in [2.24, 2.45) is 0 Å². The zero-order valence-corrected chi connectivity index (χ0v) is 8.83. The number of hydrogen-bond donors (Lipinski definition) is 2. The summed E-state index contributed by atoms with van der Waals surface area (Å²) in [5, 5.41) is 18.2. The molecule has 0 aromatic heterocycles. The van der Waals surface area contributed by atoms with Crippen LogP contribution >= 0.6 is 0 Å². The highest BCUT2D eigenvalue weighted by atomic mass is 16.5. The van der Waals surface area contributed by atoms with Gasteiger partial charge in [-0.1, -0.05) is 12.7 Å². The van der Waals surface area contributed by atoms with E-state index in [2.05, 4.69) is 6.58 Å². The molecule has 0 spiro atoms. The maximum absolute atomic E-state index is 11.5. The molecule has 1 amide bonds. The second kappa shape index (κ2) is 5.50. The Balaban J connectivity index is 2.64. The summed E-state index contributed by atoms with van der Waals surface area (Å²) in [5.74, 6) is -0.589. The molecule has 0 radical (unpaired) electrons. The van der Waals surface area contributed by atoms with Crippen LogP contribution in [0.1, 0.15) is 12.8 Å². The van der Waals surface area contributed by atoms with Crippen LogP contribution in [0.4, 0.5) is 4.79 Å². The lowest BCUT2D eigenvalue weighted by atomic mass is 10.0.